The second kappa shape index (κ2) is 18.0. The van der Waals surface area contributed by atoms with Crippen LogP contribution in [0.2, 0.25) is 0 Å². The Bertz CT molecular complexity index is 417. The van der Waals surface area contributed by atoms with Crippen molar-refractivity contribution in [2.45, 2.75) is 0 Å². The van der Waals surface area contributed by atoms with Gasteiger partial charge in [0.15, 0.2) is 11.6 Å². The molecular weight excluding hydrogens is 444 g/mol. The zero-order valence-corrected chi connectivity index (χ0v) is 16.8. The second-order valence-electron chi connectivity index (χ2n) is 3.36. The van der Waals surface area contributed by atoms with E-state index in [9.17, 15) is 8.42 Å². The number of aromatic nitrogens is 4. The molecule has 0 unspecified atom stereocenters. The molecule has 11 heteroatoms. The normalized spacial score (nSPS) is 8.10. The van der Waals surface area contributed by atoms with E-state index in [1.54, 1.807) is 49.8 Å². The fraction of sp³-hybridized carbons (Fsp3) is 0.400. The molecule has 124 valence electrons. The van der Waals surface area contributed by atoms with Crippen LogP contribution in [0.5, 0.6) is 0 Å². The van der Waals surface area contributed by atoms with Crippen LogP contribution < -0.4 is 24.8 Å². The molecule has 2 N–H and O–H groups in total. The Morgan fingerprint density at radius 1 is 0.810 bits per heavy atom. The van der Waals surface area contributed by atoms with E-state index >= 15 is 0 Å². The quantitative estimate of drug-likeness (QED) is 0.415. The number of halogens is 2. The van der Waals surface area contributed by atoms with Gasteiger partial charge in [-0.3, -0.25) is 8.42 Å². The van der Waals surface area contributed by atoms with Crippen molar-refractivity contribution >= 4 is 21.6 Å². The summed E-state index contributed by atoms with van der Waals surface area (Å²) in [5, 5.41) is 0. The largest absolute Gasteiger partial charge is 2.00 e. The molecule has 0 aliphatic rings. The topological polar surface area (TPSA) is 91.5 Å². The van der Waals surface area contributed by atoms with Crippen molar-refractivity contribution in [3.05, 3.63) is 24.8 Å². The third-order valence-corrected chi connectivity index (χ3v) is 1.22. The number of nitrogens with one attached hydrogen (secondary N) is 2. The molecule has 0 amide bonds. The Balaban J connectivity index is -0.000000115. The average Bonchev–Trinajstić information content (AvgIpc) is 2.89. The molecule has 0 aromatic carbocycles. The third-order valence-electron chi connectivity index (χ3n) is 1.22. The summed E-state index contributed by atoms with van der Waals surface area (Å²) >= 11 is 0. The van der Waals surface area contributed by atoms with Crippen LogP contribution in [-0.2, 0) is 41.1 Å². The van der Waals surface area contributed by atoms with Crippen LogP contribution in [0.15, 0.2) is 24.8 Å². The number of imidazole rings is 2. The van der Waals surface area contributed by atoms with Gasteiger partial charge in [-0.15, -0.1) is 0 Å². The zero-order chi connectivity index (χ0) is 14.0. The Morgan fingerprint density at radius 3 is 1.19 bits per heavy atom. The Hall–Kier alpha value is -0.0766. The minimum absolute atomic E-state index is 0. The maximum atomic E-state index is 9.56. The number of hydrogen-bond donors (Lipinski definition) is 2. The van der Waals surface area contributed by atoms with Crippen LogP contribution in [0.4, 0.5) is 0 Å². The van der Waals surface area contributed by atoms with E-state index in [-0.39, 0.29) is 44.3 Å². The van der Waals surface area contributed by atoms with Crippen molar-refractivity contribution in [1.29, 1.82) is 0 Å². The van der Waals surface area contributed by atoms with Crippen molar-refractivity contribution in [3.8, 4) is 11.6 Å². The van der Waals surface area contributed by atoms with Gasteiger partial charge in [0.2, 0.25) is 0 Å². The first-order valence-corrected chi connectivity index (χ1v) is 8.86. The van der Waals surface area contributed by atoms with Gasteiger partial charge >= 0.3 is 19.5 Å². The summed E-state index contributed by atoms with van der Waals surface area (Å²) in [5.41, 5.74) is 0. The Kier molecular flexibility index (Phi) is 24.8. The van der Waals surface area contributed by atoms with Gasteiger partial charge in [-0.2, -0.15) is 0 Å². The van der Waals surface area contributed by atoms with Crippen LogP contribution in [0, 0.1) is 0 Å². The molecular formula is C10H18Cl2N4O2RuS2. The fourth-order valence-corrected chi connectivity index (χ4v) is 0.790. The van der Waals surface area contributed by atoms with Gasteiger partial charge in [0.05, 0.1) is 0 Å². The summed E-state index contributed by atoms with van der Waals surface area (Å²) in [6.07, 6.45) is 13.5. The van der Waals surface area contributed by atoms with Crippen LogP contribution in [0.1, 0.15) is 0 Å². The molecule has 2 rings (SSSR count). The molecule has 2 heterocycles. The molecule has 0 spiro atoms. The Morgan fingerprint density at radius 2 is 1.05 bits per heavy atom. The first-order chi connectivity index (χ1) is 8.43. The maximum absolute atomic E-state index is 9.56. The van der Waals surface area contributed by atoms with E-state index in [0.717, 1.165) is 11.6 Å². The summed E-state index contributed by atoms with van der Waals surface area (Å²) in [5.74, 6) is 1.54. The summed E-state index contributed by atoms with van der Waals surface area (Å²) in [7, 11) is -1.22. The Labute approximate surface area is 155 Å². The van der Waals surface area contributed by atoms with Crippen LogP contribution in [0.25, 0.3) is 11.6 Å². The molecule has 0 saturated carbocycles. The molecule has 2 aromatic rings. The number of H-pyrrole nitrogens is 2. The van der Waals surface area contributed by atoms with Gasteiger partial charge in [0.1, 0.15) is 0 Å². The van der Waals surface area contributed by atoms with E-state index < -0.39 is 21.6 Å². The number of nitrogens with zero attached hydrogens (tertiary/aromatic N) is 2. The molecule has 0 aliphatic heterocycles. The second-order valence-corrected chi connectivity index (χ2v) is 6.33. The van der Waals surface area contributed by atoms with E-state index in [0.29, 0.717) is 0 Å². The average molecular weight is 462 g/mol. The molecule has 0 atom stereocenters. The molecule has 0 bridgehead atoms. The number of rotatable bonds is 1. The van der Waals surface area contributed by atoms with Crippen LogP contribution >= 0.6 is 0 Å². The van der Waals surface area contributed by atoms with E-state index in [2.05, 4.69) is 19.9 Å². The van der Waals surface area contributed by atoms with Gasteiger partial charge in [-0.1, -0.05) is 0 Å². The summed E-state index contributed by atoms with van der Waals surface area (Å²) in [6.45, 7) is 0. The maximum Gasteiger partial charge on any atom is 2.00 e. The van der Waals surface area contributed by atoms with E-state index in [4.69, 9.17) is 0 Å². The smallest absolute Gasteiger partial charge is 1.00 e. The summed E-state index contributed by atoms with van der Waals surface area (Å²) < 4.78 is 19.1. The summed E-state index contributed by atoms with van der Waals surface area (Å²) in [6, 6.07) is 0. The summed E-state index contributed by atoms with van der Waals surface area (Å²) in [4.78, 5) is 13.9. The van der Waals surface area contributed by atoms with Gasteiger partial charge in [0, 0.05) is 71.4 Å². The fourth-order valence-electron chi connectivity index (χ4n) is 0.790. The first kappa shape index (κ1) is 29.0. The van der Waals surface area contributed by atoms with Gasteiger partial charge in [-0.25, -0.2) is 9.97 Å². The van der Waals surface area contributed by atoms with Gasteiger partial charge in [0.25, 0.3) is 0 Å². The minimum Gasteiger partial charge on any atom is -1.00 e. The zero-order valence-electron chi connectivity index (χ0n) is 11.9. The van der Waals surface area contributed by atoms with E-state index in [1.165, 1.54) is 0 Å². The number of aromatic amines is 2. The molecule has 0 aliphatic carbocycles. The molecule has 6 nitrogen and oxygen atoms in total. The molecule has 0 radical (unpaired) electrons. The van der Waals surface area contributed by atoms with Gasteiger partial charge < -0.3 is 34.8 Å². The van der Waals surface area contributed by atoms with Crippen molar-refractivity contribution in [1.82, 2.24) is 19.9 Å². The SMILES string of the molecule is CS(C)=O.CS(C)=O.[Cl-].[Cl-].[Ru+2].c1c[nH]c(-c2ncc[nH]2)n1. The standard InChI is InChI=1S/C6H6N4.2C2H6OS.2ClH.Ru/c1-2-8-5(7-1)6-9-3-4-10-6;2*1-4(2)3;;;/h1-4H,(H,7,8)(H,9,10);2*1-2H3;2*1H;/q;;;;;+2/p-2. The minimum atomic E-state index is -0.611. The molecule has 0 saturated heterocycles. The van der Waals surface area contributed by atoms with E-state index in [1.807, 2.05) is 0 Å². The van der Waals surface area contributed by atoms with Gasteiger partial charge in [-0.05, 0) is 0 Å². The monoisotopic (exact) mass is 462 g/mol. The first-order valence-electron chi connectivity index (χ1n) is 4.92. The molecule has 2 aromatic heterocycles. The number of hydrogen-bond acceptors (Lipinski definition) is 4. The van der Waals surface area contributed by atoms with Crippen LogP contribution in [0.3, 0.4) is 0 Å². The van der Waals surface area contributed by atoms with Crippen molar-refractivity contribution in [2.24, 2.45) is 0 Å². The predicted octanol–water partition coefficient (Wildman–Crippen LogP) is -5.21. The van der Waals surface area contributed by atoms with Crippen LogP contribution in [-0.4, -0.2) is 53.4 Å². The molecule has 21 heavy (non-hydrogen) atoms. The van der Waals surface area contributed by atoms with Crippen molar-refractivity contribution < 1.29 is 52.7 Å². The predicted molar refractivity (Wildman–Crippen MR) is 76.2 cm³/mol. The third kappa shape index (κ3) is 19.9. The molecule has 0 fully saturated rings. The van der Waals surface area contributed by atoms with Crippen molar-refractivity contribution in [2.75, 3.05) is 25.0 Å². The van der Waals surface area contributed by atoms with Crippen molar-refractivity contribution in [3.63, 3.8) is 0 Å².